The highest BCUT2D eigenvalue weighted by Crippen LogP contribution is 2.42. The molecule has 0 fully saturated rings. The van der Waals surface area contributed by atoms with E-state index in [9.17, 15) is 14.7 Å². The van der Waals surface area contributed by atoms with Gasteiger partial charge in [-0.15, -0.1) is 0 Å². The van der Waals surface area contributed by atoms with Crippen molar-refractivity contribution < 1.29 is 28.9 Å². The molecule has 0 spiro atoms. The number of carbonyl (C=O) groups excluding carboxylic acids is 1. The van der Waals surface area contributed by atoms with Crippen LogP contribution in [0.5, 0.6) is 17.2 Å². The molecule has 2 aliphatic heterocycles. The Bertz CT molecular complexity index is 2470. The van der Waals surface area contributed by atoms with Gasteiger partial charge in [-0.2, -0.15) is 0 Å². The van der Waals surface area contributed by atoms with Crippen molar-refractivity contribution in [2.75, 3.05) is 12.3 Å². The number of anilines is 1. The van der Waals surface area contributed by atoms with E-state index in [1.807, 2.05) is 84.9 Å². The Kier molecular flexibility index (Phi) is 12.2. The quantitative estimate of drug-likeness (QED) is 0.103. The van der Waals surface area contributed by atoms with Gasteiger partial charge >= 0.3 is 5.97 Å². The number of halogens is 2. The van der Waals surface area contributed by atoms with Crippen LogP contribution in [0.1, 0.15) is 58.9 Å². The lowest BCUT2D eigenvalue weighted by Crippen LogP contribution is -2.55. The first kappa shape index (κ1) is 40.6. The van der Waals surface area contributed by atoms with Gasteiger partial charge in [0.1, 0.15) is 25.0 Å². The van der Waals surface area contributed by atoms with E-state index in [0.29, 0.717) is 53.5 Å². The molecule has 0 aliphatic carbocycles. The first-order chi connectivity index (χ1) is 29.1. The molecule has 8 rings (SSSR count). The molecule has 0 bridgehead atoms. The standard InChI is InChI=1S/C47H43Cl2N5O6/c1-2-40(31-6-4-3-5-7-31)54-25-34-22-43-42(59-27-44(60-43)32-13-15-36(16-14-32)58-26-29-10-17-37(48)38(49)18-29)21-33(34)20-41(54)45(55)53-39(46(56)57)19-28-8-11-30(12-9-28)35-23-51-47(50)52-24-35/h3-18,21-24,39-41,44H,2,19-20,25-27H2,1H3,(H,53,55)(H,56,57)(H2,50,51,52)/t39?,40-,41-,44+/m0/s1. The molecule has 6 aromatic rings. The molecular formula is C47H43Cl2N5O6. The molecule has 0 saturated heterocycles. The number of nitrogens with two attached hydrogens (primary N) is 1. The first-order valence-electron chi connectivity index (χ1n) is 19.7. The second-order valence-electron chi connectivity index (χ2n) is 14.9. The van der Waals surface area contributed by atoms with Crippen LogP contribution < -0.4 is 25.3 Å². The third-order valence-corrected chi connectivity index (χ3v) is 11.8. The van der Waals surface area contributed by atoms with Crippen LogP contribution >= 0.6 is 23.2 Å². The number of nitrogens with zero attached hydrogens (tertiary/aromatic N) is 3. The van der Waals surface area contributed by atoms with Gasteiger partial charge in [0.05, 0.1) is 16.1 Å². The average molecular weight is 845 g/mol. The van der Waals surface area contributed by atoms with Crippen LogP contribution in [-0.4, -0.2) is 50.5 Å². The minimum atomic E-state index is -1.15. The SMILES string of the molecule is CC[C@@H](c1ccccc1)N1Cc2cc3c(cc2C[C@H]1C(=O)NC(Cc1ccc(-c2cnc(N)nc2)cc1)C(=O)O)OC[C@H](c1ccc(OCc2ccc(Cl)c(Cl)c2)cc1)O3. The first-order valence-corrected chi connectivity index (χ1v) is 20.5. The molecule has 11 nitrogen and oxygen atoms in total. The molecule has 0 radical (unpaired) electrons. The summed E-state index contributed by atoms with van der Waals surface area (Å²) in [4.78, 5) is 37.3. The number of carbonyl (C=O) groups is 2. The van der Waals surface area contributed by atoms with Crippen molar-refractivity contribution in [3.8, 4) is 28.4 Å². The van der Waals surface area contributed by atoms with Crippen molar-refractivity contribution in [2.45, 2.75) is 63.6 Å². The van der Waals surface area contributed by atoms with E-state index in [0.717, 1.165) is 50.9 Å². The highest BCUT2D eigenvalue weighted by molar-refractivity contribution is 6.42. The Morgan fingerprint density at radius 2 is 1.60 bits per heavy atom. The van der Waals surface area contributed by atoms with Gasteiger partial charge in [-0.25, -0.2) is 14.8 Å². The van der Waals surface area contributed by atoms with Crippen molar-refractivity contribution >= 4 is 41.0 Å². The van der Waals surface area contributed by atoms with Crippen LogP contribution in [0.4, 0.5) is 5.95 Å². The van der Waals surface area contributed by atoms with Gasteiger partial charge in [-0.1, -0.05) is 103 Å². The number of hydrogen-bond donors (Lipinski definition) is 3. The Morgan fingerprint density at radius 1 is 0.883 bits per heavy atom. The third kappa shape index (κ3) is 9.18. The molecule has 3 heterocycles. The van der Waals surface area contributed by atoms with E-state index in [-0.39, 0.29) is 30.4 Å². The van der Waals surface area contributed by atoms with Crippen LogP contribution in [0.2, 0.25) is 10.0 Å². The average Bonchev–Trinajstić information content (AvgIpc) is 3.26. The summed E-state index contributed by atoms with van der Waals surface area (Å²) in [5, 5.41) is 14.2. The van der Waals surface area contributed by atoms with Gasteiger partial charge in [0, 0.05) is 37.0 Å². The van der Waals surface area contributed by atoms with Gasteiger partial charge in [0.25, 0.3) is 0 Å². The zero-order valence-electron chi connectivity index (χ0n) is 32.8. The summed E-state index contributed by atoms with van der Waals surface area (Å²) >= 11 is 12.2. The zero-order chi connectivity index (χ0) is 41.8. The Balaban J connectivity index is 0.990. The molecule has 5 aromatic carbocycles. The van der Waals surface area contributed by atoms with Gasteiger partial charge in [-0.05, 0) is 88.2 Å². The molecule has 1 amide bonds. The number of aliphatic carboxylic acids is 1. The van der Waals surface area contributed by atoms with Crippen LogP contribution in [0.3, 0.4) is 0 Å². The number of nitrogen functional groups attached to an aromatic ring is 1. The second kappa shape index (κ2) is 18.0. The summed E-state index contributed by atoms with van der Waals surface area (Å²) in [5.74, 6) is 0.652. The normalized spacial score (nSPS) is 16.9. The number of amides is 1. The number of nitrogens with one attached hydrogen (secondary N) is 1. The van der Waals surface area contributed by atoms with Crippen molar-refractivity contribution in [1.82, 2.24) is 20.2 Å². The maximum atomic E-state index is 14.4. The van der Waals surface area contributed by atoms with E-state index in [4.69, 9.17) is 43.1 Å². The summed E-state index contributed by atoms with van der Waals surface area (Å²) in [6.07, 6.45) is 4.12. The number of fused-ring (bicyclic) bond motifs is 2. The number of carboxylic acid groups (broad SMARTS) is 1. The molecule has 2 aliphatic rings. The number of hydrogen-bond acceptors (Lipinski definition) is 9. The molecule has 306 valence electrons. The van der Waals surface area contributed by atoms with Crippen molar-refractivity contribution in [2.24, 2.45) is 0 Å². The zero-order valence-corrected chi connectivity index (χ0v) is 34.3. The molecule has 0 saturated carbocycles. The number of ether oxygens (including phenoxy) is 3. The summed E-state index contributed by atoms with van der Waals surface area (Å²) < 4.78 is 18.8. The fourth-order valence-corrected chi connectivity index (χ4v) is 8.16. The highest BCUT2D eigenvalue weighted by atomic mass is 35.5. The maximum Gasteiger partial charge on any atom is 0.326 e. The Labute approximate surface area is 358 Å². The van der Waals surface area contributed by atoms with Gasteiger partial charge < -0.3 is 30.4 Å². The molecule has 1 aromatic heterocycles. The monoisotopic (exact) mass is 843 g/mol. The van der Waals surface area contributed by atoms with E-state index in [1.165, 1.54) is 0 Å². The Morgan fingerprint density at radius 3 is 2.30 bits per heavy atom. The lowest BCUT2D eigenvalue weighted by atomic mass is 9.89. The van der Waals surface area contributed by atoms with Crippen molar-refractivity contribution in [1.29, 1.82) is 0 Å². The summed E-state index contributed by atoms with van der Waals surface area (Å²) in [7, 11) is 0. The molecule has 4 N–H and O–H groups in total. The van der Waals surface area contributed by atoms with E-state index in [1.54, 1.807) is 24.5 Å². The minimum Gasteiger partial charge on any atom is -0.489 e. The van der Waals surface area contributed by atoms with Crippen molar-refractivity contribution in [3.63, 3.8) is 0 Å². The molecule has 13 heteroatoms. The summed E-state index contributed by atoms with van der Waals surface area (Å²) in [6, 6.07) is 32.8. The number of rotatable bonds is 13. The summed E-state index contributed by atoms with van der Waals surface area (Å²) in [5.41, 5.74) is 12.9. The van der Waals surface area contributed by atoms with Crippen LogP contribution in [0.15, 0.2) is 122 Å². The minimum absolute atomic E-state index is 0.104. The molecule has 4 atom stereocenters. The smallest absolute Gasteiger partial charge is 0.326 e. The molecule has 1 unspecified atom stereocenters. The molecular weight excluding hydrogens is 801 g/mol. The van der Waals surface area contributed by atoms with Crippen LogP contribution in [0, 0.1) is 0 Å². The summed E-state index contributed by atoms with van der Waals surface area (Å²) in [6.45, 7) is 3.19. The third-order valence-electron chi connectivity index (χ3n) is 11.0. The van der Waals surface area contributed by atoms with E-state index < -0.39 is 18.1 Å². The van der Waals surface area contributed by atoms with E-state index in [2.05, 4.69) is 39.2 Å². The lowest BCUT2D eigenvalue weighted by molar-refractivity contribution is -0.143. The lowest BCUT2D eigenvalue weighted by Gasteiger charge is -2.42. The predicted octanol–water partition coefficient (Wildman–Crippen LogP) is 8.81. The molecule has 60 heavy (non-hydrogen) atoms. The van der Waals surface area contributed by atoms with E-state index >= 15 is 0 Å². The highest BCUT2D eigenvalue weighted by Gasteiger charge is 2.39. The second-order valence-corrected chi connectivity index (χ2v) is 15.8. The number of benzene rings is 5. The van der Waals surface area contributed by atoms with Gasteiger partial charge in [0.2, 0.25) is 11.9 Å². The van der Waals surface area contributed by atoms with Crippen LogP contribution in [-0.2, 0) is 35.6 Å². The number of carboxylic acids is 1. The van der Waals surface area contributed by atoms with Crippen LogP contribution in [0.25, 0.3) is 11.1 Å². The number of aromatic nitrogens is 2. The van der Waals surface area contributed by atoms with Crippen molar-refractivity contribution in [3.05, 3.63) is 165 Å². The maximum absolute atomic E-state index is 14.4. The fourth-order valence-electron chi connectivity index (χ4n) is 7.84. The predicted molar refractivity (Wildman–Crippen MR) is 230 cm³/mol. The van der Waals surface area contributed by atoms with Gasteiger partial charge in [0.15, 0.2) is 17.6 Å². The fraction of sp³-hybridized carbons (Fsp3) is 0.234. The Hall–Kier alpha value is -6.14. The largest absolute Gasteiger partial charge is 0.489 e. The van der Waals surface area contributed by atoms with Gasteiger partial charge in [-0.3, -0.25) is 9.69 Å². The topological polar surface area (TPSA) is 149 Å².